The van der Waals surface area contributed by atoms with Crippen LogP contribution in [0.5, 0.6) is 5.75 Å². The number of hydrogen-bond acceptors (Lipinski definition) is 6. The van der Waals surface area contributed by atoms with Gasteiger partial charge in [-0.25, -0.2) is 13.0 Å². The van der Waals surface area contributed by atoms with Crippen LogP contribution in [0, 0.1) is 0 Å². The Morgan fingerprint density at radius 3 is 1.76 bits per heavy atom. The molecular formula is C15H27CaO7PS. The first kappa shape index (κ1) is 25.3. The Morgan fingerprint density at radius 1 is 1.04 bits per heavy atom. The molecule has 0 amide bonds. The van der Waals surface area contributed by atoms with E-state index in [1.807, 2.05) is 41.5 Å². The molecule has 0 aromatic heterocycles. The predicted molar refractivity (Wildman–Crippen MR) is 100 cm³/mol. The summed E-state index contributed by atoms with van der Waals surface area (Å²) in [4.78, 5) is 9.34. The molecule has 7 nitrogen and oxygen atoms in total. The first-order valence-electron chi connectivity index (χ1n) is 7.32. The van der Waals surface area contributed by atoms with Crippen LogP contribution < -0.4 is 0 Å². The van der Waals surface area contributed by atoms with E-state index in [1.165, 1.54) is 0 Å². The second-order valence-corrected chi connectivity index (χ2v) is 9.88. The Kier molecular flexibility index (Phi) is 9.14. The Balaban J connectivity index is 0.00000576. The third kappa shape index (κ3) is 7.85. The van der Waals surface area contributed by atoms with Gasteiger partial charge in [0.2, 0.25) is 0 Å². The molecule has 1 unspecified atom stereocenters. The molecule has 0 heterocycles. The van der Waals surface area contributed by atoms with Crippen molar-refractivity contribution in [1.82, 2.24) is 0 Å². The molecule has 0 radical (unpaired) electrons. The molecule has 2 N–H and O–H groups in total. The minimum atomic E-state index is -4.70. The minimum absolute atomic E-state index is 0. The normalized spacial score (nSPS) is 14.9. The molecule has 0 bridgehead atoms. The Morgan fingerprint density at radius 2 is 1.44 bits per heavy atom. The Hall–Kier alpha value is 0.340. The Bertz CT molecular complexity index is 689. The van der Waals surface area contributed by atoms with E-state index < -0.39 is 18.8 Å². The van der Waals surface area contributed by atoms with Crippen molar-refractivity contribution in [3.8, 4) is 5.75 Å². The summed E-state index contributed by atoms with van der Waals surface area (Å²) < 4.78 is 40.9. The summed E-state index contributed by atoms with van der Waals surface area (Å²) in [6.45, 7) is 11.3. The van der Waals surface area contributed by atoms with Gasteiger partial charge in [-0.1, -0.05) is 41.5 Å². The number of aromatic hydroxyl groups is 1. The summed E-state index contributed by atoms with van der Waals surface area (Å²) in [6.07, 6.45) is 0. The fourth-order valence-corrected chi connectivity index (χ4v) is 3.36. The average Bonchev–Trinajstić information content (AvgIpc) is 2.33. The van der Waals surface area contributed by atoms with Crippen LogP contribution in [0.1, 0.15) is 58.2 Å². The van der Waals surface area contributed by atoms with Gasteiger partial charge in [0.15, 0.2) is 0 Å². The maximum atomic E-state index is 11.5. The number of phenolic OH excluding ortho intramolecular Hbond substituents is 1. The van der Waals surface area contributed by atoms with E-state index in [1.54, 1.807) is 12.1 Å². The van der Waals surface area contributed by atoms with Gasteiger partial charge in [0.1, 0.15) is 5.75 Å². The van der Waals surface area contributed by atoms with Gasteiger partial charge in [0, 0.05) is 0 Å². The van der Waals surface area contributed by atoms with Gasteiger partial charge in [-0.3, -0.25) is 4.52 Å². The van der Waals surface area contributed by atoms with Crippen LogP contribution in [0.4, 0.5) is 0 Å². The summed E-state index contributed by atoms with van der Waals surface area (Å²) in [5, 5.41) is 10.6. The van der Waals surface area contributed by atoms with Crippen LogP contribution in [0.15, 0.2) is 12.1 Å². The molecule has 0 saturated carbocycles. The van der Waals surface area contributed by atoms with Crippen molar-refractivity contribution < 1.29 is 31.5 Å². The predicted octanol–water partition coefficient (Wildman–Crippen LogP) is 2.23. The van der Waals surface area contributed by atoms with Crippen molar-refractivity contribution >= 4 is 56.5 Å². The van der Waals surface area contributed by atoms with Crippen molar-refractivity contribution in [1.29, 1.82) is 0 Å². The van der Waals surface area contributed by atoms with Gasteiger partial charge in [-0.05, 0) is 39.7 Å². The fraction of sp³-hybridized carbons (Fsp3) is 0.600. The van der Waals surface area contributed by atoms with Gasteiger partial charge < -0.3 is 10.00 Å². The quantitative estimate of drug-likeness (QED) is 0.379. The summed E-state index contributed by atoms with van der Waals surface area (Å²) in [6, 6.07) is 3.34. The van der Waals surface area contributed by atoms with Gasteiger partial charge in [-0.2, -0.15) is 3.97 Å². The molecule has 1 atom stereocenters. The number of phosphoric ester groups is 1. The zero-order valence-corrected chi connectivity index (χ0v) is 16.5. The van der Waals surface area contributed by atoms with Crippen molar-refractivity contribution in [2.75, 3.05) is 0 Å². The summed E-state index contributed by atoms with van der Waals surface area (Å²) in [5.74, 6) is 0.171. The summed E-state index contributed by atoms with van der Waals surface area (Å²) >= 11 is 0. The molecule has 25 heavy (non-hydrogen) atoms. The van der Waals surface area contributed by atoms with Gasteiger partial charge >= 0.3 is 45.6 Å². The number of hydrogen-bond donors (Lipinski definition) is 3. The monoisotopic (exact) mass is 422 g/mol. The van der Waals surface area contributed by atoms with E-state index in [0.717, 1.165) is 0 Å². The number of thiol groups is 1. The molecule has 1 rings (SSSR count). The third-order valence-corrected chi connectivity index (χ3v) is 5.16. The molecule has 0 aliphatic carbocycles. The molecule has 0 spiro atoms. The number of phosphoric acid groups is 1. The molecule has 1 aromatic rings. The maximum absolute atomic E-state index is 11.5. The topological polar surface area (TPSA) is 110 Å². The van der Waals surface area contributed by atoms with Crippen LogP contribution in [0.3, 0.4) is 0 Å². The van der Waals surface area contributed by atoms with Crippen LogP contribution in [-0.4, -0.2) is 56.2 Å². The van der Waals surface area contributed by atoms with Crippen molar-refractivity contribution in [2.45, 2.75) is 59.0 Å². The first-order chi connectivity index (χ1) is 10.6. The van der Waals surface area contributed by atoms with Crippen LogP contribution in [0.25, 0.3) is 0 Å². The first-order valence-corrected chi connectivity index (χ1v) is 9.91. The molecule has 0 fully saturated rings. The van der Waals surface area contributed by atoms with Crippen molar-refractivity contribution in [3.05, 3.63) is 28.8 Å². The third-order valence-electron chi connectivity index (χ3n) is 3.35. The van der Waals surface area contributed by atoms with Crippen LogP contribution in [-0.2, 0) is 41.5 Å². The standard InChI is InChI=1S/C15H25O7PS.Ca.2H/c1-14(2,3)11-7-10(8-12(13(11)16)15(4,5)6)9-21-23(17,18)22-24(19)20;;;/h7-8,16,24H,9H2,1-6H3,(H,17,18);;;. The molecule has 0 saturated heterocycles. The van der Waals surface area contributed by atoms with Crippen molar-refractivity contribution in [2.24, 2.45) is 0 Å². The summed E-state index contributed by atoms with van der Waals surface area (Å²) in [7, 11) is -8.20. The van der Waals surface area contributed by atoms with E-state index >= 15 is 0 Å². The summed E-state index contributed by atoms with van der Waals surface area (Å²) in [5.41, 5.74) is 1.13. The van der Waals surface area contributed by atoms with E-state index in [4.69, 9.17) is 4.52 Å². The number of rotatable bonds is 5. The molecule has 0 aliphatic rings. The fourth-order valence-electron chi connectivity index (χ4n) is 2.18. The zero-order chi connectivity index (χ0) is 18.9. The SMILES string of the molecule is CC(C)(C)c1cc(COP(=O)(O)O[SH](=O)=O)cc(C(C)(C)C)c1O.[CaH2]. The number of benzene rings is 1. The van der Waals surface area contributed by atoms with Gasteiger partial charge in [0.25, 0.3) is 11.0 Å². The second-order valence-electron chi connectivity index (χ2n) is 7.59. The van der Waals surface area contributed by atoms with Gasteiger partial charge in [0.05, 0.1) is 6.61 Å². The molecule has 142 valence electrons. The zero-order valence-electron chi connectivity index (χ0n) is 14.7. The van der Waals surface area contributed by atoms with E-state index in [9.17, 15) is 23.0 Å². The van der Waals surface area contributed by atoms with Crippen LogP contribution in [0.2, 0.25) is 0 Å². The van der Waals surface area contributed by atoms with E-state index in [-0.39, 0.29) is 60.9 Å². The van der Waals surface area contributed by atoms with Gasteiger partial charge in [-0.15, -0.1) is 0 Å². The van der Waals surface area contributed by atoms with E-state index in [0.29, 0.717) is 16.7 Å². The van der Waals surface area contributed by atoms with E-state index in [2.05, 4.69) is 3.97 Å². The number of phenols is 1. The molecule has 0 aliphatic heterocycles. The molecule has 10 heteroatoms. The van der Waals surface area contributed by atoms with Crippen LogP contribution >= 0.6 is 7.82 Å². The van der Waals surface area contributed by atoms with Crippen molar-refractivity contribution in [3.63, 3.8) is 0 Å². The Labute approximate surface area is 180 Å². The average molecular weight is 422 g/mol. The second kappa shape index (κ2) is 9.02. The molecular weight excluding hydrogens is 395 g/mol. The molecule has 1 aromatic carbocycles.